The fourth-order valence-corrected chi connectivity index (χ4v) is 1.75. The molecule has 0 saturated heterocycles. The summed E-state index contributed by atoms with van der Waals surface area (Å²) in [7, 11) is 1.23. The van der Waals surface area contributed by atoms with Crippen LogP contribution in [-0.2, 0) is 15.7 Å². The van der Waals surface area contributed by atoms with Crippen molar-refractivity contribution in [1.82, 2.24) is 0 Å². The van der Waals surface area contributed by atoms with E-state index in [0.717, 1.165) is 12.1 Å². The average Bonchev–Trinajstić information content (AvgIpc) is 2.26. The van der Waals surface area contributed by atoms with Crippen LogP contribution in [0, 0.1) is 0 Å². The van der Waals surface area contributed by atoms with E-state index in [9.17, 15) is 18.0 Å². The van der Waals surface area contributed by atoms with Crippen LogP contribution in [0.4, 0.5) is 13.2 Å². The van der Waals surface area contributed by atoms with E-state index in [1.54, 1.807) is 0 Å². The number of methoxy groups -OCH3 is 1. The van der Waals surface area contributed by atoms with E-state index in [1.165, 1.54) is 19.2 Å². The third-order valence-electron chi connectivity index (χ3n) is 1.94. The van der Waals surface area contributed by atoms with Crippen molar-refractivity contribution in [2.75, 3.05) is 7.11 Å². The second kappa shape index (κ2) is 5.03. The summed E-state index contributed by atoms with van der Waals surface area (Å²) >= 11 is 1.81. The smallest absolute Gasteiger partial charge is 0.416 e. The van der Waals surface area contributed by atoms with Crippen LogP contribution >= 0.6 is 22.6 Å². The molecule has 2 nitrogen and oxygen atoms in total. The Balaban J connectivity index is 2.91. The van der Waals surface area contributed by atoms with Crippen molar-refractivity contribution in [3.05, 3.63) is 35.4 Å². The number of halogens is 4. The maximum atomic E-state index is 12.3. The van der Waals surface area contributed by atoms with Gasteiger partial charge in [0.05, 0.1) is 12.7 Å². The lowest BCUT2D eigenvalue weighted by Gasteiger charge is -2.10. The van der Waals surface area contributed by atoms with E-state index in [2.05, 4.69) is 4.74 Å². The first-order valence-corrected chi connectivity index (χ1v) is 5.50. The highest BCUT2D eigenvalue weighted by Crippen LogP contribution is 2.31. The van der Waals surface area contributed by atoms with E-state index in [-0.39, 0.29) is 0 Å². The predicted octanol–water partition coefficient (Wildman–Crippen LogP) is 3.35. The molecule has 16 heavy (non-hydrogen) atoms. The number of hydrogen-bond acceptors (Lipinski definition) is 2. The molecule has 0 aliphatic carbocycles. The zero-order valence-electron chi connectivity index (χ0n) is 8.22. The number of carbonyl (C=O) groups is 1. The standard InChI is InChI=1S/C10H8F3IO2/c1-16-9(15)8(14)6-2-4-7(5-3-6)10(11,12)13/h2-5,8H,1H3. The molecular formula is C10H8F3IO2. The minimum atomic E-state index is -4.36. The maximum absolute atomic E-state index is 12.3. The molecule has 0 N–H and O–H groups in total. The van der Waals surface area contributed by atoms with Gasteiger partial charge in [0.1, 0.15) is 3.92 Å². The Morgan fingerprint density at radius 1 is 1.31 bits per heavy atom. The zero-order chi connectivity index (χ0) is 12.3. The highest BCUT2D eigenvalue weighted by Gasteiger charge is 2.30. The second-order valence-corrected chi connectivity index (χ2v) is 4.25. The molecular weight excluding hydrogens is 336 g/mol. The molecule has 0 spiro atoms. The Hall–Kier alpha value is -0.790. The van der Waals surface area contributed by atoms with Gasteiger partial charge in [-0.15, -0.1) is 0 Å². The number of rotatable bonds is 2. The number of alkyl halides is 4. The lowest BCUT2D eigenvalue weighted by molar-refractivity contribution is -0.139. The molecule has 1 aromatic rings. The van der Waals surface area contributed by atoms with Gasteiger partial charge in [0.25, 0.3) is 0 Å². The van der Waals surface area contributed by atoms with Crippen molar-refractivity contribution in [3.63, 3.8) is 0 Å². The van der Waals surface area contributed by atoms with Crippen LogP contribution in [0.15, 0.2) is 24.3 Å². The van der Waals surface area contributed by atoms with Crippen LogP contribution in [0.3, 0.4) is 0 Å². The molecule has 1 unspecified atom stereocenters. The van der Waals surface area contributed by atoms with Crippen LogP contribution in [0.5, 0.6) is 0 Å². The lowest BCUT2D eigenvalue weighted by atomic mass is 10.1. The Bertz CT molecular complexity index is 373. The van der Waals surface area contributed by atoms with Crippen LogP contribution in [0.2, 0.25) is 0 Å². The third kappa shape index (κ3) is 3.10. The summed E-state index contributed by atoms with van der Waals surface area (Å²) in [6, 6.07) is 4.45. The van der Waals surface area contributed by atoms with Crippen molar-refractivity contribution in [1.29, 1.82) is 0 Å². The first kappa shape index (κ1) is 13.3. The van der Waals surface area contributed by atoms with Gasteiger partial charge in [-0.2, -0.15) is 13.2 Å². The highest BCUT2D eigenvalue weighted by molar-refractivity contribution is 14.1. The van der Waals surface area contributed by atoms with Crippen LogP contribution in [0.25, 0.3) is 0 Å². The van der Waals surface area contributed by atoms with Gasteiger partial charge in [-0.25, -0.2) is 0 Å². The maximum Gasteiger partial charge on any atom is 0.416 e. The first-order chi connectivity index (χ1) is 7.36. The minimum absolute atomic E-state index is 0.486. The van der Waals surface area contributed by atoms with Crippen molar-refractivity contribution in [2.45, 2.75) is 10.1 Å². The van der Waals surface area contributed by atoms with Crippen molar-refractivity contribution in [2.24, 2.45) is 0 Å². The highest BCUT2D eigenvalue weighted by atomic mass is 127. The number of ether oxygens (including phenoxy) is 1. The first-order valence-electron chi connectivity index (χ1n) is 4.25. The molecule has 6 heteroatoms. The van der Waals surface area contributed by atoms with Crippen molar-refractivity contribution < 1.29 is 22.7 Å². The summed E-state index contributed by atoms with van der Waals surface area (Å²) in [4.78, 5) is 11.1. The van der Waals surface area contributed by atoms with Gasteiger partial charge < -0.3 is 4.74 Å². The largest absolute Gasteiger partial charge is 0.468 e. The van der Waals surface area contributed by atoms with Crippen LogP contribution < -0.4 is 0 Å². The summed E-state index contributed by atoms with van der Waals surface area (Å²) in [6.45, 7) is 0. The second-order valence-electron chi connectivity index (χ2n) is 3.01. The molecule has 1 aromatic carbocycles. The molecule has 0 fully saturated rings. The molecule has 0 radical (unpaired) electrons. The summed E-state index contributed by atoms with van der Waals surface area (Å²) in [5.41, 5.74) is -0.245. The van der Waals surface area contributed by atoms with E-state index in [1.807, 2.05) is 22.6 Å². The number of esters is 1. The zero-order valence-corrected chi connectivity index (χ0v) is 10.4. The van der Waals surface area contributed by atoms with Gasteiger partial charge in [-0.3, -0.25) is 4.79 Å². The Labute approximate surface area is 104 Å². The normalized spacial score (nSPS) is 13.3. The SMILES string of the molecule is COC(=O)C(I)c1ccc(C(F)(F)F)cc1. The van der Waals surface area contributed by atoms with Crippen molar-refractivity contribution in [3.8, 4) is 0 Å². The number of carbonyl (C=O) groups excluding carboxylic acids is 1. The van der Waals surface area contributed by atoms with Gasteiger partial charge in [-0.1, -0.05) is 34.7 Å². The van der Waals surface area contributed by atoms with Gasteiger partial charge in [0.2, 0.25) is 0 Å². The molecule has 0 aromatic heterocycles. The quantitative estimate of drug-likeness (QED) is 0.467. The third-order valence-corrected chi connectivity index (χ3v) is 3.17. The van der Waals surface area contributed by atoms with E-state index < -0.39 is 21.6 Å². The van der Waals surface area contributed by atoms with E-state index in [0.29, 0.717) is 5.56 Å². The van der Waals surface area contributed by atoms with Gasteiger partial charge in [0, 0.05) is 0 Å². The predicted molar refractivity (Wildman–Crippen MR) is 60.2 cm³/mol. The Morgan fingerprint density at radius 3 is 2.19 bits per heavy atom. The molecule has 0 heterocycles. The number of benzene rings is 1. The van der Waals surface area contributed by atoms with E-state index >= 15 is 0 Å². The Kier molecular flexibility index (Phi) is 4.17. The molecule has 0 aliphatic rings. The fourth-order valence-electron chi connectivity index (χ4n) is 1.08. The molecule has 88 valence electrons. The number of hydrogen-bond donors (Lipinski definition) is 0. The topological polar surface area (TPSA) is 26.3 Å². The van der Waals surface area contributed by atoms with Gasteiger partial charge in [0.15, 0.2) is 0 Å². The molecule has 0 aliphatic heterocycles. The summed E-state index contributed by atoms with van der Waals surface area (Å²) < 4.78 is 40.7. The molecule has 1 rings (SSSR count). The average molecular weight is 344 g/mol. The van der Waals surface area contributed by atoms with Gasteiger partial charge >= 0.3 is 12.1 Å². The molecule has 0 saturated carbocycles. The molecule has 1 atom stereocenters. The van der Waals surface area contributed by atoms with Crippen molar-refractivity contribution >= 4 is 28.6 Å². The van der Waals surface area contributed by atoms with Gasteiger partial charge in [-0.05, 0) is 17.7 Å². The molecule has 0 amide bonds. The van der Waals surface area contributed by atoms with Crippen LogP contribution in [0.1, 0.15) is 15.1 Å². The molecule has 0 bridgehead atoms. The van der Waals surface area contributed by atoms with Crippen LogP contribution in [-0.4, -0.2) is 13.1 Å². The fraction of sp³-hybridized carbons (Fsp3) is 0.300. The minimum Gasteiger partial charge on any atom is -0.468 e. The lowest BCUT2D eigenvalue weighted by Crippen LogP contribution is -2.09. The monoisotopic (exact) mass is 344 g/mol. The summed E-state index contributed by atoms with van der Waals surface area (Å²) in [6.07, 6.45) is -4.36. The summed E-state index contributed by atoms with van der Waals surface area (Å²) in [5, 5.41) is 0. The van der Waals surface area contributed by atoms with E-state index in [4.69, 9.17) is 0 Å². The Morgan fingerprint density at radius 2 is 1.81 bits per heavy atom. The summed E-state index contributed by atoms with van der Waals surface area (Å²) in [5.74, 6) is -0.486.